The van der Waals surface area contributed by atoms with Crippen molar-refractivity contribution in [2.45, 2.75) is 33.1 Å². The molecule has 0 bridgehead atoms. The second kappa shape index (κ2) is 7.63. The van der Waals surface area contributed by atoms with Crippen molar-refractivity contribution in [2.75, 3.05) is 0 Å². The summed E-state index contributed by atoms with van der Waals surface area (Å²) in [6, 6.07) is 2.79. The summed E-state index contributed by atoms with van der Waals surface area (Å²) in [5.41, 5.74) is 9.10. The van der Waals surface area contributed by atoms with E-state index in [2.05, 4.69) is 31.1 Å². The first-order valence-corrected chi connectivity index (χ1v) is 9.61. The molecule has 0 radical (unpaired) electrons. The van der Waals surface area contributed by atoms with Crippen LogP contribution in [0, 0.1) is 18.4 Å². The second-order valence-electron chi connectivity index (χ2n) is 5.64. The summed E-state index contributed by atoms with van der Waals surface area (Å²) in [5.74, 6) is 2.91. The number of benzene rings is 1. The fraction of sp³-hybridized carbons (Fsp3) is 0.385. The molecular weight excluding hydrogens is 305 g/mol. The third kappa shape index (κ3) is 6.06. The number of rotatable bonds is 2. The van der Waals surface area contributed by atoms with E-state index in [1.165, 1.54) is 6.92 Å². The summed E-state index contributed by atoms with van der Waals surface area (Å²) >= 11 is 0. The predicted molar refractivity (Wildman–Crippen MR) is 78.0 cm³/mol. The molecule has 0 aliphatic heterocycles. The molecule has 0 unspecified atom stereocenters. The van der Waals surface area contributed by atoms with E-state index in [1.807, 2.05) is 0 Å². The van der Waals surface area contributed by atoms with Gasteiger partial charge >= 0.3 is 58.4 Å². The molecule has 0 fully saturated rings. The zero-order valence-corrected chi connectivity index (χ0v) is 16.8. The predicted octanol–water partition coefficient (Wildman–Crippen LogP) is -0.259. The maximum atomic E-state index is 13.0. The van der Waals surface area contributed by atoms with E-state index >= 15 is 0 Å². The third-order valence-corrected chi connectivity index (χ3v) is 3.54. The molecule has 2 N–H and O–H groups in total. The minimum Gasteiger partial charge on any atom is -0.445 e. The molecule has 0 amide bonds. The van der Waals surface area contributed by atoms with Crippen LogP contribution in [0.2, 0.25) is 19.6 Å². The monoisotopic (exact) mass is 323 g/mol. The molecule has 1 aromatic carbocycles. The molecule has 104 valence electrons. The summed E-state index contributed by atoms with van der Waals surface area (Å²) in [5, 5.41) is 0. The molecule has 0 saturated carbocycles. The van der Waals surface area contributed by atoms with Crippen LogP contribution in [0.5, 0.6) is 0 Å². The minimum atomic E-state index is -5.03. The van der Waals surface area contributed by atoms with Crippen molar-refractivity contribution >= 4 is 20.5 Å². The molecule has 0 saturated heterocycles. The molecule has 0 atom stereocenters. The van der Waals surface area contributed by atoms with Gasteiger partial charge in [0.1, 0.15) is 8.07 Å². The van der Waals surface area contributed by atoms with Gasteiger partial charge in [-0.2, -0.15) is 0 Å². The van der Waals surface area contributed by atoms with Crippen molar-refractivity contribution in [3.05, 3.63) is 28.8 Å². The number of hydrogen-bond acceptors (Lipinski definition) is 1. The van der Waals surface area contributed by atoms with Crippen molar-refractivity contribution in [1.82, 2.24) is 0 Å². The van der Waals surface area contributed by atoms with Crippen LogP contribution in [-0.4, -0.2) is 15.1 Å². The molecule has 1 rings (SSSR count). The summed E-state index contributed by atoms with van der Waals surface area (Å²) < 4.78 is 39.0. The van der Waals surface area contributed by atoms with Crippen molar-refractivity contribution in [2.24, 2.45) is 5.73 Å². The Morgan fingerprint density at radius 1 is 1.20 bits per heavy atom. The number of nitrogens with two attached hydrogens (primary N) is 1. The molecule has 1 aromatic rings. The first kappa shape index (κ1) is 20.4. The van der Waals surface area contributed by atoms with E-state index in [1.54, 1.807) is 6.07 Å². The van der Waals surface area contributed by atoms with Crippen molar-refractivity contribution in [3.63, 3.8) is 0 Å². The number of halogens is 3. The molecule has 7 heteroatoms. The van der Waals surface area contributed by atoms with Crippen LogP contribution in [0.25, 0.3) is 0 Å². The average Bonchev–Trinajstić information content (AvgIpc) is 2.25. The zero-order chi connectivity index (χ0) is 14.8. The largest absolute Gasteiger partial charge is 1.00 e. The van der Waals surface area contributed by atoms with Gasteiger partial charge in [-0.25, -0.2) is 0 Å². The van der Waals surface area contributed by atoms with Crippen LogP contribution in [0.3, 0.4) is 0 Å². The van der Waals surface area contributed by atoms with E-state index < -0.39 is 20.5 Å². The van der Waals surface area contributed by atoms with Gasteiger partial charge in [-0.1, -0.05) is 37.2 Å². The fourth-order valence-corrected chi connectivity index (χ4v) is 2.15. The Bertz CT molecular complexity index is 542. The maximum Gasteiger partial charge on any atom is 1.00 e. The topological polar surface area (TPSA) is 26.0 Å². The maximum absolute atomic E-state index is 13.0. The van der Waals surface area contributed by atoms with Crippen molar-refractivity contribution in [1.29, 1.82) is 0 Å². The molecule has 0 aromatic heterocycles. The van der Waals surface area contributed by atoms with Crippen molar-refractivity contribution < 1.29 is 64.3 Å². The van der Waals surface area contributed by atoms with Gasteiger partial charge in [0.25, 0.3) is 0 Å². The van der Waals surface area contributed by atoms with Crippen LogP contribution in [-0.2, 0) is 6.54 Å². The normalized spacial score (nSPS) is 11.4. The average molecular weight is 323 g/mol. The van der Waals surface area contributed by atoms with E-state index in [0.29, 0.717) is 11.1 Å². The Kier molecular flexibility index (Phi) is 7.80. The second-order valence-corrected chi connectivity index (χ2v) is 10.4. The molecule has 20 heavy (non-hydrogen) atoms. The minimum absolute atomic E-state index is 0. The van der Waals surface area contributed by atoms with Crippen LogP contribution in [0.15, 0.2) is 12.1 Å². The quantitative estimate of drug-likeness (QED) is 0.589. The third-order valence-electron chi connectivity index (χ3n) is 2.67. The Morgan fingerprint density at radius 3 is 2.15 bits per heavy atom. The molecule has 0 spiro atoms. The Labute approximate surface area is 162 Å². The SMILES string of the molecule is Cc1c(C#C[Si](C)(C)C)cc(CN)cc1[B-](F)(F)F.[K+]. The van der Waals surface area contributed by atoms with Gasteiger partial charge < -0.3 is 18.7 Å². The van der Waals surface area contributed by atoms with Gasteiger partial charge in [0.2, 0.25) is 0 Å². The summed E-state index contributed by atoms with van der Waals surface area (Å²) in [6.07, 6.45) is 0. The zero-order valence-electron chi connectivity index (χ0n) is 12.7. The van der Waals surface area contributed by atoms with E-state index in [4.69, 9.17) is 5.73 Å². The molecule has 1 nitrogen and oxygen atoms in total. The Balaban J connectivity index is 0.00000361. The Hall–Kier alpha value is 0.448. The van der Waals surface area contributed by atoms with Gasteiger partial charge in [0, 0.05) is 12.1 Å². The molecule has 0 aliphatic rings. The summed E-state index contributed by atoms with van der Waals surface area (Å²) in [7, 11) is -1.62. The molecular formula is C13H18BF3KNSi. The fourth-order valence-electron chi connectivity index (χ4n) is 1.64. The van der Waals surface area contributed by atoms with E-state index in [0.717, 1.165) is 6.07 Å². The molecule has 0 heterocycles. The smallest absolute Gasteiger partial charge is 0.445 e. The van der Waals surface area contributed by atoms with Crippen LogP contribution in [0.4, 0.5) is 12.9 Å². The van der Waals surface area contributed by atoms with E-state index in [9.17, 15) is 12.9 Å². The standard InChI is InChI=1S/C13H18BF3NSi.K/c1-10-12(5-6-19(2,3)4)7-11(9-18)8-13(10)14(15,16)17;/h7-8H,9,18H2,1-4H3;/q-1;+1. The first-order chi connectivity index (χ1) is 8.54. The van der Waals surface area contributed by atoms with Crippen LogP contribution < -0.4 is 62.6 Å². The van der Waals surface area contributed by atoms with Crippen molar-refractivity contribution in [3.8, 4) is 11.5 Å². The van der Waals surface area contributed by atoms with Crippen LogP contribution in [0.1, 0.15) is 16.7 Å². The first-order valence-electron chi connectivity index (χ1n) is 6.11. The molecule has 0 aliphatic carbocycles. The van der Waals surface area contributed by atoms with Gasteiger partial charge in [0.15, 0.2) is 0 Å². The number of hydrogen-bond donors (Lipinski definition) is 1. The van der Waals surface area contributed by atoms with Gasteiger partial charge in [-0.05, 0) is 18.6 Å². The van der Waals surface area contributed by atoms with Gasteiger partial charge in [-0.15, -0.1) is 11.0 Å². The Morgan fingerprint density at radius 2 is 1.75 bits per heavy atom. The van der Waals surface area contributed by atoms with Gasteiger partial charge in [-0.3, -0.25) is 0 Å². The summed E-state index contributed by atoms with van der Waals surface area (Å²) in [4.78, 5) is 0. The summed E-state index contributed by atoms with van der Waals surface area (Å²) in [6.45, 7) is 2.68. The van der Waals surface area contributed by atoms with Crippen LogP contribution >= 0.6 is 0 Å². The van der Waals surface area contributed by atoms with Gasteiger partial charge in [0.05, 0.1) is 0 Å². The van der Waals surface area contributed by atoms with E-state index in [-0.39, 0.29) is 63.5 Å².